The quantitative estimate of drug-likeness (QED) is 0.154. The summed E-state index contributed by atoms with van der Waals surface area (Å²) in [6.07, 6.45) is -0.174. The fourth-order valence-corrected chi connectivity index (χ4v) is 9.81. The van der Waals surface area contributed by atoms with Crippen LogP contribution in [0.3, 0.4) is 0 Å². The molecular formula is C70H76N3OPt-. The Morgan fingerprint density at radius 2 is 1.05 bits per heavy atom. The monoisotopic (exact) mass is 1170 g/mol. The summed E-state index contributed by atoms with van der Waals surface area (Å²) in [5, 5.41) is 12.9. The van der Waals surface area contributed by atoms with E-state index in [0.717, 1.165) is 61.3 Å². The number of phenols is 1. The number of aromatic nitrogens is 3. The van der Waals surface area contributed by atoms with Crippen molar-refractivity contribution in [2.75, 3.05) is 0 Å². The Bertz CT molecular complexity index is 3690. The molecule has 9 aromatic rings. The number of para-hydroxylation sites is 1. The van der Waals surface area contributed by atoms with Crippen LogP contribution in [0.2, 0.25) is 0 Å². The van der Waals surface area contributed by atoms with Gasteiger partial charge in [-0.1, -0.05) is 224 Å². The van der Waals surface area contributed by atoms with Crippen molar-refractivity contribution in [1.82, 2.24) is 14.5 Å². The van der Waals surface area contributed by atoms with Crippen LogP contribution < -0.4 is 0 Å². The zero-order valence-corrected chi connectivity index (χ0v) is 48.8. The zero-order valence-electron chi connectivity index (χ0n) is 51.5. The number of aromatic hydroxyl groups is 1. The maximum atomic E-state index is 12.9. The third-order valence-corrected chi connectivity index (χ3v) is 14.0. The predicted molar refractivity (Wildman–Crippen MR) is 315 cm³/mol. The molecule has 2 aromatic heterocycles. The number of imidazole rings is 1. The standard InChI is InChI=1S/C70H76N3O.Pt/c1-44-43-71-60(41-55(44)48-32-30-45(31-33-48)42-66(2,3)4)50-34-49(35-51(36-50)67(5,6)7)54-28-23-29-61-62(54)72-65(58-39-53(69(11,12)13)40-59(64(58)74)70(14,15)16)73(61)63-56(46-24-19-17-20-25-46)37-52(68(8,9)10)38-57(63)47-26-21-18-22-27-47;/h17-33,35-41,43,74H,42H2,1-16H3;/q-1;/i1D3,42D2;. The van der Waals surface area contributed by atoms with Gasteiger partial charge in [0.05, 0.1) is 22.3 Å². The van der Waals surface area contributed by atoms with Gasteiger partial charge in [-0.2, -0.15) is 0 Å². The second-order valence-corrected chi connectivity index (χ2v) is 25.3. The number of nitrogens with zero attached hydrogens (tertiary/aromatic N) is 3. The first kappa shape index (κ1) is 48.3. The zero-order chi connectivity index (χ0) is 57.6. The Morgan fingerprint density at radius 3 is 1.59 bits per heavy atom. The van der Waals surface area contributed by atoms with Crippen LogP contribution in [0.15, 0.2) is 152 Å². The van der Waals surface area contributed by atoms with Crippen molar-refractivity contribution in [2.24, 2.45) is 5.41 Å². The van der Waals surface area contributed by atoms with Crippen LogP contribution in [0.1, 0.15) is 144 Å². The van der Waals surface area contributed by atoms with E-state index in [9.17, 15) is 5.11 Å². The summed E-state index contributed by atoms with van der Waals surface area (Å²) in [5.41, 5.74) is 14.0. The number of hydrogen-bond acceptors (Lipinski definition) is 3. The third-order valence-electron chi connectivity index (χ3n) is 14.0. The Kier molecular flexibility index (Phi) is 13.1. The van der Waals surface area contributed by atoms with E-state index in [1.165, 1.54) is 11.8 Å². The molecule has 7 aromatic carbocycles. The third kappa shape index (κ3) is 11.4. The normalized spacial score (nSPS) is 13.9. The topological polar surface area (TPSA) is 50.9 Å². The Hall–Kier alpha value is -6.35. The van der Waals surface area contributed by atoms with Crippen molar-refractivity contribution >= 4 is 11.0 Å². The maximum Gasteiger partial charge on any atom is 0.148 e. The molecule has 9 rings (SSSR count). The van der Waals surface area contributed by atoms with E-state index in [1.807, 2.05) is 51.1 Å². The second kappa shape index (κ2) is 20.3. The van der Waals surface area contributed by atoms with E-state index < -0.39 is 24.1 Å². The van der Waals surface area contributed by atoms with Gasteiger partial charge in [-0.05, 0) is 109 Å². The molecule has 0 atom stereocenters. The second-order valence-electron chi connectivity index (χ2n) is 25.3. The van der Waals surface area contributed by atoms with Crippen LogP contribution in [0, 0.1) is 18.3 Å². The maximum absolute atomic E-state index is 12.9. The Labute approximate surface area is 470 Å². The van der Waals surface area contributed by atoms with Crippen molar-refractivity contribution in [2.45, 2.75) is 139 Å². The van der Waals surface area contributed by atoms with Crippen LogP contribution >= 0.6 is 0 Å². The molecule has 0 radical (unpaired) electrons. The summed E-state index contributed by atoms with van der Waals surface area (Å²) in [4.78, 5) is 10.7. The van der Waals surface area contributed by atoms with Crippen LogP contribution in [0.4, 0.5) is 0 Å². The van der Waals surface area contributed by atoms with E-state index in [1.54, 1.807) is 12.1 Å². The summed E-state index contributed by atoms with van der Waals surface area (Å²) < 4.78 is 45.9. The molecule has 0 aliphatic rings. The summed E-state index contributed by atoms with van der Waals surface area (Å²) in [5.74, 6) is 0.774. The minimum atomic E-state index is -2.48. The van der Waals surface area contributed by atoms with Crippen LogP contribution in [-0.2, 0) is 49.1 Å². The Morgan fingerprint density at radius 1 is 0.533 bits per heavy atom. The fraction of sp³-hybridized carbons (Fsp3) is 0.314. The minimum absolute atomic E-state index is 0. The molecule has 388 valence electrons. The van der Waals surface area contributed by atoms with Gasteiger partial charge in [0.1, 0.15) is 11.6 Å². The molecule has 1 N–H and O–H groups in total. The van der Waals surface area contributed by atoms with E-state index in [2.05, 4.69) is 197 Å². The van der Waals surface area contributed by atoms with E-state index >= 15 is 0 Å². The van der Waals surface area contributed by atoms with Gasteiger partial charge in [-0.15, -0.1) is 29.3 Å². The molecule has 0 aliphatic heterocycles. The molecule has 0 unspecified atom stereocenters. The van der Waals surface area contributed by atoms with Crippen molar-refractivity contribution < 1.29 is 33.0 Å². The van der Waals surface area contributed by atoms with Crippen LogP contribution in [0.25, 0.3) is 83.9 Å². The first-order valence-electron chi connectivity index (χ1n) is 28.5. The van der Waals surface area contributed by atoms with Gasteiger partial charge in [-0.25, -0.2) is 4.98 Å². The molecule has 0 amide bonds. The van der Waals surface area contributed by atoms with Crippen molar-refractivity contribution in [3.05, 3.63) is 191 Å². The molecule has 0 bridgehead atoms. The number of pyridine rings is 1. The predicted octanol–water partition coefficient (Wildman–Crippen LogP) is 19.0. The molecule has 0 saturated heterocycles. The minimum Gasteiger partial charge on any atom is -0.507 e. The van der Waals surface area contributed by atoms with Crippen molar-refractivity contribution in [3.8, 4) is 78.6 Å². The molecule has 0 aliphatic carbocycles. The van der Waals surface area contributed by atoms with Gasteiger partial charge < -0.3 is 5.11 Å². The van der Waals surface area contributed by atoms with Gasteiger partial charge in [0.2, 0.25) is 0 Å². The largest absolute Gasteiger partial charge is 0.507 e. The molecule has 0 spiro atoms. The fourth-order valence-electron chi connectivity index (χ4n) is 9.81. The first-order chi connectivity index (χ1) is 36.6. The van der Waals surface area contributed by atoms with E-state index in [0.29, 0.717) is 44.9 Å². The number of fused-ring (bicyclic) bond motifs is 1. The summed E-state index contributed by atoms with van der Waals surface area (Å²) in [6.45, 7) is 29.5. The average Bonchev–Trinajstić information content (AvgIpc) is 3.95. The van der Waals surface area contributed by atoms with Crippen molar-refractivity contribution in [1.29, 1.82) is 0 Å². The van der Waals surface area contributed by atoms with Crippen LogP contribution in [-0.4, -0.2) is 19.6 Å². The summed E-state index contributed by atoms with van der Waals surface area (Å²) in [7, 11) is 0. The number of aryl methyl sites for hydroxylation is 1. The molecule has 75 heavy (non-hydrogen) atoms. The van der Waals surface area contributed by atoms with E-state index in [4.69, 9.17) is 16.8 Å². The molecule has 5 heteroatoms. The SMILES string of the molecule is [2H]C([2H])([2H])c1cnc(-c2[c-]c(-c3cccc4c3nc(-c3cc(C(C)(C)C)cc(C(C)(C)C)c3O)n4-c3c(-c4ccccc4)cc(C(C)(C)C)cc3-c3ccccc3)cc(C(C)(C)C)c2)cc1-c1ccc(C([2H])([2H])C(C)(C)C)cc1.[Pt]. The van der Waals surface area contributed by atoms with Gasteiger partial charge in [0, 0.05) is 56.5 Å². The summed E-state index contributed by atoms with van der Waals surface area (Å²) >= 11 is 0. The number of phenolic OH excluding ortho intramolecular Hbond substituents is 1. The van der Waals surface area contributed by atoms with Gasteiger partial charge >= 0.3 is 0 Å². The Balaban J connectivity index is 0.00000841. The number of hydrogen-bond donors (Lipinski definition) is 1. The smallest absolute Gasteiger partial charge is 0.148 e. The molecular weight excluding hydrogens is 1090 g/mol. The molecule has 0 fully saturated rings. The van der Waals surface area contributed by atoms with Gasteiger partial charge in [0.15, 0.2) is 0 Å². The molecule has 2 heterocycles. The summed E-state index contributed by atoms with van der Waals surface area (Å²) in [6, 6.07) is 53.3. The number of rotatable bonds is 8. The van der Waals surface area contributed by atoms with Gasteiger partial charge in [-0.3, -0.25) is 9.55 Å². The van der Waals surface area contributed by atoms with E-state index in [-0.39, 0.29) is 48.6 Å². The first-order valence-corrected chi connectivity index (χ1v) is 26.0. The van der Waals surface area contributed by atoms with Crippen molar-refractivity contribution in [3.63, 3.8) is 0 Å². The molecule has 0 saturated carbocycles. The van der Waals surface area contributed by atoms with Gasteiger partial charge in [0.25, 0.3) is 0 Å². The molecule has 4 nitrogen and oxygen atoms in total. The average molecular weight is 1180 g/mol. The van der Waals surface area contributed by atoms with Crippen LogP contribution in [0.5, 0.6) is 5.75 Å². The number of benzene rings is 7.